The molecule has 2 aromatic rings. The molecule has 19 heavy (non-hydrogen) atoms. The van der Waals surface area contributed by atoms with Gasteiger partial charge in [-0.2, -0.15) is 5.10 Å². The van der Waals surface area contributed by atoms with E-state index < -0.39 is 9.84 Å². The molecular formula is C13H15N3O2S. The summed E-state index contributed by atoms with van der Waals surface area (Å²) in [7, 11) is -3.23. The van der Waals surface area contributed by atoms with Crippen LogP contribution in [0, 0.1) is 0 Å². The molecule has 0 spiro atoms. The number of nitrogens with zero attached hydrogens (tertiary/aromatic N) is 2. The highest BCUT2D eigenvalue weighted by Gasteiger charge is 2.26. The van der Waals surface area contributed by atoms with Gasteiger partial charge in [-0.3, -0.25) is 0 Å². The van der Waals surface area contributed by atoms with Crippen LogP contribution in [0.4, 0.5) is 5.69 Å². The Labute approximate surface area is 112 Å². The van der Waals surface area contributed by atoms with Crippen LogP contribution in [-0.2, 0) is 9.84 Å². The summed E-state index contributed by atoms with van der Waals surface area (Å²) < 4.78 is 24.6. The Kier molecular flexibility index (Phi) is 2.63. The number of benzene rings is 1. The molecule has 0 atom stereocenters. The molecule has 1 heterocycles. The van der Waals surface area contributed by atoms with Gasteiger partial charge in [-0.05, 0) is 37.1 Å². The van der Waals surface area contributed by atoms with Crippen molar-refractivity contribution in [3.05, 3.63) is 36.2 Å². The van der Waals surface area contributed by atoms with Gasteiger partial charge in [0, 0.05) is 18.4 Å². The number of nitrogen functional groups attached to an aromatic ring is 1. The minimum absolute atomic E-state index is 0.225. The van der Waals surface area contributed by atoms with Crippen LogP contribution in [0.2, 0.25) is 0 Å². The predicted octanol–water partition coefficient (Wildman–Crippen LogP) is 1.74. The molecule has 0 radical (unpaired) electrons. The molecule has 1 aromatic heterocycles. The van der Waals surface area contributed by atoms with E-state index in [0.29, 0.717) is 17.3 Å². The number of anilines is 1. The summed E-state index contributed by atoms with van der Waals surface area (Å²) in [6.07, 6.45) is 5.42. The first-order valence-corrected chi connectivity index (χ1v) is 8.00. The smallest absolute Gasteiger partial charge is 0.175 e. The second-order valence-electron chi connectivity index (χ2n) is 4.95. The summed E-state index contributed by atoms with van der Waals surface area (Å²) in [6, 6.07) is 6.71. The zero-order valence-corrected chi connectivity index (χ0v) is 11.4. The van der Waals surface area contributed by atoms with E-state index in [2.05, 4.69) is 5.10 Å². The van der Waals surface area contributed by atoms with Gasteiger partial charge >= 0.3 is 0 Å². The van der Waals surface area contributed by atoms with Crippen LogP contribution < -0.4 is 5.73 Å². The van der Waals surface area contributed by atoms with Gasteiger partial charge in [-0.25, -0.2) is 13.1 Å². The topological polar surface area (TPSA) is 78.0 Å². The van der Waals surface area contributed by atoms with Crippen molar-refractivity contribution in [1.82, 2.24) is 9.78 Å². The molecule has 0 bridgehead atoms. The van der Waals surface area contributed by atoms with Crippen LogP contribution in [0.3, 0.4) is 0 Å². The second kappa shape index (κ2) is 4.09. The first-order chi connectivity index (χ1) is 8.95. The minimum Gasteiger partial charge on any atom is -0.397 e. The van der Waals surface area contributed by atoms with E-state index >= 15 is 0 Å². The summed E-state index contributed by atoms with van der Waals surface area (Å²) in [5.41, 5.74) is 8.12. The van der Waals surface area contributed by atoms with E-state index in [1.807, 2.05) is 12.3 Å². The van der Waals surface area contributed by atoms with Crippen molar-refractivity contribution in [1.29, 1.82) is 0 Å². The fraction of sp³-hybridized carbons (Fsp3) is 0.308. The summed E-state index contributed by atoms with van der Waals surface area (Å²) in [4.78, 5) is 0.225. The molecule has 1 aliphatic rings. The van der Waals surface area contributed by atoms with Crippen LogP contribution in [0.5, 0.6) is 0 Å². The van der Waals surface area contributed by atoms with Crippen molar-refractivity contribution in [2.24, 2.45) is 0 Å². The number of rotatable bonds is 3. The van der Waals surface area contributed by atoms with E-state index in [0.717, 1.165) is 5.69 Å². The molecule has 0 aliphatic heterocycles. The number of aromatic nitrogens is 2. The van der Waals surface area contributed by atoms with Crippen LogP contribution in [-0.4, -0.2) is 24.5 Å². The molecule has 0 unspecified atom stereocenters. The van der Waals surface area contributed by atoms with Gasteiger partial charge in [0.1, 0.15) is 0 Å². The van der Waals surface area contributed by atoms with Crippen LogP contribution >= 0.6 is 0 Å². The molecule has 0 amide bonds. The maximum atomic E-state index is 11.5. The molecule has 100 valence electrons. The Bertz CT molecular complexity index is 730. The summed E-state index contributed by atoms with van der Waals surface area (Å²) in [6.45, 7) is 0. The van der Waals surface area contributed by atoms with Crippen LogP contribution in [0.15, 0.2) is 35.4 Å². The molecule has 3 rings (SSSR count). The van der Waals surface area contributed by atoms with Crippen molar-refractivity contribution >= 4 is 15.5 Å². The average molecular weight is 277 g/mol. The molecule has 2 N–H and O–H groups in total. The fourth-order valence-corrected chi connectivity index (χ4v) is 2.70. The van der Waals surface area contributed by atoms with Gasteiger partial charge in [0.05, 0.1) is 22.0 Å². The SMILES string of the molecule is CS(=O)(=O)c1ccc(-n2ccc(C3CC3)n2)c(N)c1. The van der Waals surface area contributed by atoms with Gasteiger partial charge in [0.25, 0.3) is 0 Å². The van der Waals surface area contributed by atoms with E-state index in [-0.39, 0.29) is 4.90 Å². The zero-order chi connectivity index (χ0) is 13.6. The Morgan fingerprint density at radius 2 is 2.05 bits per heavy atom. The van der Waals surface area contributed by atoms with E-state index in [4.69, 9.17) is 5.73 Å². The maximum Gasteiger partial charge on any atom is 0.175 e. The Morgan fingerprint density at radius 1 is 1.32 bits per heavy atom. The largest absolute Gasteiger partial charge is 0.397 e. The molecule has 1 fully saturated rings. The van der Waals surface area contributed by atoms with Crippen molar-refractivity contribution in [2.45, 2.75) is 23.7 Å². The first-order valence-electron chi connectivity index (χ1n) is 6.11. The highest BCUT2D eigenvalue weighted by molar-refractivity contribution is 7.90. The third kappa shape index (κ3) is 2.35. The second-order valence-corrected chi connectivity index (χ2v) is 6.97. The highest BCUT2D eigenvalue weighted by Crippen LogP contribution is 2.39. The van der Waals surface area contributed by atoms with Crippen LogP contribution in [0.1, 0.15) is 24.5 Å². The lowest BCUT2D eigenvalue weighted by Crippen LogP contribution is -2.04. The number of nitrogens with two attached hydrogens (primary N) is 1. The maximum absolute atomic E-state index is 11.5. The summed E-state index contributed by atoms with van der Waals surface area (Å²) in [5, 5.41) is 4.48. The van der Waals surface area contributed by atoms with Gasteiger partial charge < -0.3 is 5.73 Å². The molecule has 0 saturated heterocycles. The van der Waals surface area contributed by atoms with Crippen molar-refractivity contribution in [3.63, 3.8) is 0 Å². The third-order valence-electron chi connectivity index (χ3n) is 3.28. The highest BCUT2D eigenvalue weighted by atomic mass is 32.2. The molecule has 5 nitrogen and oxygen atoms in total. The Morgan fingerprint density at radius 3 is 2.63 bits per heavy atom. The van der Waals surface area contributed by atoms with E-state index in [1.54, 1.807) is 16.8 Å². The lowest BCUT2D eigenvalue weighted by Gasteiger charge is -2.07. The minimum atomic E-state index is -3.23. The Hall–Kier alpha value is -1.82. The normalized spacial score (nSPS) is 15.6. The molecule has 1 aliphatic carbocycles. The number of sulfone groups is 1. The lowest BCUT2D eigenvalue weighted by atomic mass is 10.3. The van der Waals surface area contributed by atoms with Crippen molar-refractivity contribution < 1.29 is 8.42 Å². The van der Waals surface area contributed by atoms with Crippen LogP contribution in [0.25, 0.3) is 5.69 Å². The van der Waals surface area contributed by atoms with Gasteiger partial charge in [-0.15, -0.1) is 0 Å². The lowest BCUT2D eigenvalue weighted by molar-refractivity contribution is 0.602. The number of hydrogen-bond acceptors (Lipinski definition) is 4. The third-order valence-corrected chi connectivity index (χ3v) is 4.39. The van der Waals surface area contributed by atoms with E-state index in [1.165, 1.54) is 25.2 Å². The Balaban J connectivity index is 2.00. The number of hydrogen-bond donors (Lipinski definition) is 1. The molecule has 1 aromatic carbocycles. The van der Waals surface area contributed by atoms with Gasteiger partial charge in [-0.1, -0.05) is 0 Å². The van der Waals surface area contributed by atoms with Gasteiger partial charge in [0.15, 0.2) is 9.84 Å². The monoisotopic (exact) mass is 277 g/mol. The molecule has 1 saturated carbocycles. The summed E-state index contributed by atoms with van der Waals surface area (Å²) >= 11 is 0. The molecule has 6 heteroatoms. The quantitative estimate of drug-likeness (QED) is 0.867. The van der Waals surface area contributed by atoms with Gasteiger partial charge in [0.2, 0.25) is 0 Å². The van der Waals surface area contributed by atoms with E-state index in [9.17, 15) is 8.42 Å². The average Bonchev–Trinajstić information content (AvgIpc) is 3.07. The standard InChI is InChI=1S/C13H15N3O2S/c1-19(17,18)10-4-5-13(11(14)8-10)16-7-6-12(15-16)9-2-3-9/h4-9H,2-3,14H2,1H3. The van der Waals surface area contributed by atoms with Crippen molar-refractivity contribution in [3.8, 4) is 5.69 Å². The first kappa shape index (κ1) is 12.2. The predicted molar refractivity (Wildman–Crippen MR) is 73.1 cm³/mol. The zero-order valence-electron chi connectivity index (χ0n) is 10.6. The fourth-order valence-electron chi connectivity index (χ4n) is 2.04. The molecular weight excluding hydrogens is 262 g/mol. The van der Waals surface area contributed by atoms with Crippen molar-refractivity contribution in [2.75, 3.05) is 12.0 Å². The summed E-state index contributed by atoms with van der Waals surface area (Å²) in [5.74, 6) is 0.581.